The number of hydrogen-bond acceptors (Lipinski definition) is 4. The van der Waals surface area contributed by atoms with Crippen molar-refractivity contribution in [2.45, 2.75) is 13.5 Å². The second-order valence-electron chi connectivity index (χ2n) is 4.04. The molecule has 0 amide bonds. The number of para-hydroxylation sites is 1. The van der Waals surface area contributed by atoms with Gasteiger partial charge in [0, 0.05) is 25.0 Å². The van der Waals surface area contributed by atoms with E-state index in [0.29, 0.717) is 17.8 Å². The standard InChI is InChI=1S/C12H14N4O2/c1-9-4-3-5-10(12(9)16(17)18)14-8-11-13-6-7-15(11)2/h3-7,14H,8H2,1-2H3. The van der Waals surface area contributed by atoms with Crippen LogP contribution >= 0.6 is 0 Å². The Kier molecular flexibility index (Phi) is 3.27. The monoisotopic (exact) mass is 246 g/mol. The summed E-state index contributed by atoms with van der Waals surface area (Å²) >= 11 is 0. The minimum absolute atomic E-state index is 0.117. The normalized spacial score (nSPS) is 10.3. The van der Waals surface area contributed by atoms with E-state index >= 15 is 0 Å². The zero-order chi connectivity index (χ0) is 13.1. The van der Waals surface area contributed by atoms with E-state index in [1.54, 1.807) is 31.3 Å². The van der Waals surface area contributed by atoms with E-state index in [1.165, 1.54) is 0 Å². The minimum atomic E-state index is -0.365. The topological polar surface area (TPSA) is 73.0 Å². The van der Waals surface area contributed by atoms with Crippen LogP contribution in [0.1, 0.15) is 11.4 Å². The summed E-state index contributed by atoms with van der Waals surface area (Å²) in [6.07, 6.45) is 3.53. The fraction of sp³-hybridized carbons (Fsp3) is 0.250. The molecule has 0 saturated carbocycles. The van der Waals surface area contributed by atoms with Gasteiger partial charge in [0.15, 0.2) is 0 Å². The number of imidazole rings is 1. The van der Waals surface area contributed by atoms with E-state index in [0.717, 1.165) is 5.82 Å². The molecule has 0 radical (unpaired) electrons. The van der Waals surface area contributed by atoms with E-state index in [2.05, 4.69) is 10.3 Å². The highest BCUT2D eigenvalue weighted by Crippen LogP contribution is 2.28. The second-order valence-corrected chi connectivity index (χ2v) is 4.04. The summed E-state index contributed by atoms with van der Waals surface area (Å²) in [6, 6.07) is 5.22. The van der Waals surface area contributed by atoms with Gasteiger partial charge in [0.1, 0.15) is 11.5 Å². The van der Waals surface area contributed by atoms with Gasteiger partial charge in [-0.25, -0.2) is 4.98 Å². The van der Waals surface area contributed by atoms with Crippen LogP contribution in [0.2, 0.25) is 0 Å². The van der Waals surface area contributed by atoms with Crippen molar-refractivity contribution in [3.8, 4) is 0 Å². The van der Waals surface area contributed by atoms with E-state index < -0.39 is 0 Å². The van der Waals surface area contributed by atoms with E-state index in [1.807, 2.05) is 17.8 Å². The Hall–Kier alpha value is -2.37. The lowest BCUT2D eigenvalue weighted by Crippen LogP contribution is -2.07. The zero-order valence-corrected chi connectivity index (χ0v) is 10.3. The van der Waals surface area contributed by atoms with Gasteiger partial charge in [-0.3, -0.25) is 10.1 Å². The fourth-order valence-corrected chi connectivity index (χ4v) is 1.79. The molecule has 1 N–H and O–H groups in total. The molecular formula is C12H14N4O2. The molecule has 18 heavy (non-hydrogen) atoms. The molecule has 1 aromatic carbocycles. The summed E-state index contributed by atoms with van der Waals surface area (Å²) in [6.45, 7) is 2.18. The highest BCUT2D eigenvalue weighted by Gasteiger charge is 2.16. The first kappa shape index (κ1) is 12.1. The Balaban J connectivity index is 2.22. The number of hydrogen-bond donors (Lipinski definition) is 1. The molecule has 6 nitrogen and oxygen atoms in total. The van der Waals surface area contributed by atoms with Crippen LogP contribution in [-0.2, 0) is 13.6 Å². The van der Waals surface area contributed by atoms with Gasteiger partial charge in [-0.1, -0.05) is 12.1 Å². The third-order valence-corrected chi connectivity index (χ3v) is 2.78. The Morgan fingerprint density at radius 1 is 1.50 bits per heavy atom. The summed E-state index contributed by atoms with van der Waals surface area (Å²) in [4.78, 5) is 14.8. The van der Waals surface area contributed by atoms with Crippen molar-refractivity contribution in [3.63, 3.8) is 0 Å². The number of rotatable bonds is 4. The van der Waals surface area contributed by atoms with Crippen LogP contribution in [-0.4, -0.2) is 14.5 Å². The minimum Gasteiger partial charge on any atom is -0.372 e. The number of anilines is 1. The van der Waals surface area contributed by atoms with Gasteiger partial charge in [0.05, 0.1) is 11.5 Å². The highest BCUT2D eigenvalue weighted by atomic mass is 16.6. The predicted molar refractivity (Wildman–Crippen MR) is 68.4 cm³/mol. The largest absolute Gasteiger partial charge is 0.372 e. The maximum atomic E-state index is 11.0. The summed E-state index contributed by atoms with van der Waals surface area (Å²) in [5, 5.41) is 14.1. The lowest BCUT2D eigenvalue weighted by Gasteiger charge is -2.08. The Morgan fingerprint density at radius 3 is 2.89 bits per heavy atom. The van der Waals surface area contributed by atoms with Gasteiger partial charge < -0.3 is 9.88 Å². The second kappa shape index (κ2) is 4.87. The van der Waals surface area contributed by atoms with Crippen LogP contribution in [0.4, 0.5) is 11.4 Å². The van der Waals surface area contributed by atoms with Crippen molar-refractivity contribution in [2.75, 3.05) is 5.32 Å². The van der Waals surface area contributed by atoms with Crippen molar-refractivity contribution >= 4 is 11.4 Å². The first-order valence-corrected chi connectivity index (χ1v) is 5.53. The Morgan fingerprint density at radius 2 is 2.28 bits per heavy atom. The average Bonchev–Trinajstić information content (AvgIpc) is 2.71. The van der Waals surface area contributed by atoms with E-state index in [9.17, 15) is 10.1 Å². The first-order valence-electron chi connectivity index (χ1n) is 5.53. The maximum Gasteiger partial charge on any atom is 0.295 e. The molecule has 1 aromatic heterocycles. The smallest absolute Gasteiger partial charge is 0.295 e. The quantitative estimate of drug-likeness (QED) is 0.663. The number of benzene rings is 1. The van der Waals surface area contributed by atoms with Gasteiger partial charge in [0.25, 0.3) is 5.69 Å². The first-order chi connectivity index (χ1) is 8.59. The zero-order valence-electron chi connectivity index (χ0n) is 10.3. The van der Waals surface area contributed by atoms with Crippen LogP contribution in [0.5, 0.6) is 0 Å². The molecule has 0 saturated heterocycles. The van der Waals surface area contributed by atoms with Gasteiger partial charge in [0.2, 0.25) is 0 Å². The van der Waals surface area contributed by atoms with E-state index in [-0.39, 0.29) is 10.6 Å². The molecule has 0 bridgehead atoms. The van der Waals surface area contributed by atoms with Gasteiger partial charge in [-0.15, -0.1) is 0 Å². The molecular weight excluding hydrogens is 232 g/mol. The molecule has 2 rings (SSSR count). The number of nitro groups is 1. The third kappa shape index (κ3) is 2.32. The van der Waals surface area contributed by atoms with Crippen molar-refractivity contribution in [3.05, 3.63) is 52.1 Å². The fourth-order valence-electron chi connectivity index (χ4n) is 1.79. The number of aryl methyl sites for hydroxylation is 2. The molecule has 94 valence electrons. The average molecular weight is 246 g/mol. The van der Waals surface area contributed by atoms with Crippen LogP contribution < -0.4 is 5.32 Å². The molecule has 0 atom stereocenters. The van der Waals surface area contributed by atoms with Crippen molar-refractivity contribution in [1.29, 1.82) is 0 Å². The lowest BCUT2D eigenvalue weighted by molar-refractivity contribution is -0.384. The number of nitro benzene ring substituents is 1. The van der Waals surface area contributed by atoms with Gasteiger partial charge in [-0.2, -0.15) is 0 Å². The lowest BCUT2D eigenvalue weighted by atomic mass is 10.1. The molecule has 0 unspecified atom stereocenters. The molecule has 1 heterocycles. The SMILES string of the molecule is Cc1cccc(NCc2nccn2C)c1[N+](=O)[O-]. The van der Waals surface area contributed by atoms with Crippen molar-refractivity contribution in [2.24, 2.45) is 7.05 Å². The predicted octanol–water partition coefficient (Wildman–Crippen LogP) is 2.25. The summed E-state index contributed by atoms with van der Waals surface area (Å²) < 4.78 is 1.87. The maximum absolute atomic E-state index is 11.0. The third-order valence-electron chi connectivity index (χ3n) is 2.78. The molecule has 0 aliphatic heterocycles. The van der Waals surface area contributed by atoms with Crippen molar-refractivity contribution in [1.82, 2.24) is 9.55 Å². The van der Waals surface area contributed by atoms with Crippen LogP contribution in [0.3, 0.4) is 0 Å². The molecule has 0 aliphatic carbocycles. The van der Waals surface area contributed by atoms with E-state index in [4.69, 9.17) is 0 Å². The molecule has 0 spiro atoms. The van der Waals surface area contributed by atoms with Gasteiger partial charge >= 0.3 is 0 Å². The Bertz CT molecular complexity index is 577. The van der Waals surface area contributed by atoms with Crippen LogP contribution in [0.25, 0.3) is 0 Å². The van der Waals surface area contributed by atoms with Gasteiger partial charge in [-0.05, 0) is 13.0 Å². The van der Waals surface area contributed by atoms with Crippen LogP contribution in [0, 0.1) is 17.0 Å². The van der Waals surface area contributed by atoms with Crippen molar-refractivity contribution < 1.29 is 4.92 Å². The number of aromatic nitrogens is 2. The number of nitrogens with one attached hydrogen (secondary N) is 1. The summed E-state index contributed by atoms with van der Waals surface area (Å²) in [7, 11) is 1.88. The Labute approximate surface area is 104 Å². The molecule has 0 fully saturated rings. The molecule has 0 aliphatic rings. The summed E-state index contributed by atoms with van der Waals surface area (Å²) in [5.41, 5.74) is 1.28. The molecule has 6 heteroatoms. The molecule has 2 aromatic rings. The summed E-state index contributed by atoms with van der Waals surface area (Å²) in [5.74, 6) is 0.825. The van der Waals surface area contributed by atoms with Crippen LogP contribution in [0.15, 0.2) is 30.6 Å². The highest BCUT2D eigenvalue weighted by molar-refractivity contribution is 5.64. The number of nitrogens with zero attached hydrogens (tertiary/aromatic N) is 3.